The third-order valence-corrected chi connectivity index (χ3v) is 5.66. The Hall–Kier alpha value is -3.01. The van der Waals surface area contributed by atoms with Crippen molar-refractivity contribution in [3.8, 4) is 0 Å². The summed E-state index contributed by atoms with van der Waals surface area (Å²) in [5.41, 5.74) is 1.72. The van der Waals surface area contributed by atoms with Crippen LogP contribution in [0.25, 0.3) is 11.7 Å². The predicted octanol–water partition coefficient (Wildman–Crippen LogP) is 1.03. The molecule has 3 aliphatic rings. The maximum absolute atomic E-state index is 11.9. The van der Waals surface area contributed by atoms with Gasteiger partial charge in [0.15, 0.2) is 5.65 Å². The number of amides is 2. The maximum Gasteiger partial charge on any atom is 0.254 e. The van der Waals surface area contributed by atoms with E-state index < -0.39 is 0 Å². The minimum Gasteiger partial charge on any atom is -0.354 e. The van der Waals surface area contributed by atoms with Crippen molar-refractivity contribution in [1.29, 1.82) is 0 Å². The lowest BCUT2D eigenvalue weighted by Crippen LogP contribution is -2.22. The SMILES string of the molecule is O=C1CC(=Cc2cnn3c(NC4CC4)nc(NCCCN4CCCC4)nc23)C(=O)N1. The summed E-state index contributed by atoms with van der Waals surface area (Å²) in [6, 6.07) is 0.412. The van der Waals surface area contributed by atoms with E-state index in [9.17, 15) is 9.59 Å². The summed E-state index contributed by atoms with van der Waals surface area (Å²) in [7, 11) is 0. The average molecular weight is 410 g/mol. The van der Waals surface area contributed by atoms with Crippen LogP contribution in [0.2, 0.25) is 0 Å². The quantitative estimate of drug-likeness (QED) is 0.336. The molecule has 2 amide bonds. The van der Waals surface area contributed by atoms with E-state index in [0.29, 0.717) is 34.7 Å². The van der Waals surface area contributed by atoms with Gasteiger partial charge >= 0.3 is 0 Å². The number of nitrogens with one attached hydrogen (secondary N) is 3. The molecule has 0 bridgehead atoms. The Morgan fingerprint density at radius 2 is 2.03 bits per heavy atom. The van der Waals surface area contributed by atoms with Crippen LogP contribution in [-0.2, 0) is 9.59 Å². The first kappa shape index (κ1) is 19.0. The number of imide groups is 1. The molecule has 2 saturated heterocycles. The number of hydrogen-bond donors (Lipinski definition) is 3. The first-order valence-electron chi connectivity index (χ1n) is 10.7. The summed E-state index contributed by atoms with van der Waals surface area (Å²) >= 11 is 0. The van der Waals surface area contributed by atoms with Crippen LogP contribution in [0.3, 0.4) is 0 Å². The van der Waals surface area contributed by atoms with Crippen LogP contribution in [0.15, 0.2) is 11.8 Å². The van der Waals surface area contributed by atoms with Gasteiger partial charge in [-0.1, -0.05) is 0 Å². The van der Waals surface area contributed by atoms with Crippen molar-refractivity contribution in [2.45, 2.75) is 44.6 Å². The molecule has 3 N–H and O–H groups in total. The number of fused-ring (bicyclic) bond motifs is 1. The summed E-state index contributed by atoms with van der Waals surface area (Å²) < 4.78 is 1.66. The second kappa shape index (κ2) is 8.02. The normalized spacial score (nSPS) is 21.0. The fraction of sp³-hybridized carbons (Fsp3) is 0.550. The van der Waals surface area contributed by atoms with Crippen LogP contribution in [0, 0.1) is 0 Å². The van der Waals surface area contributed by atoms with Crippen molar-refractivity contribution in [1.82, 2.24) is 29.8 Å². The van der Waals surface area contributed by atoms with Gasteiger partial charge in [0.25, 0.3) is 5.91 Å². The molecule has 2 aromatic rings. The predicted molar refractivity (Wildman–Crippen MR) is 112 cm³/mol. The summed E-state index contributed by atoms with van der Waals surface area (Å²) in [5, 5.41) is 13.5. The smallest absolute Gasteiger partial charge is 0.254 e. The molecule has 10 heteroatoms. The summed E-state index contributed by atoms with van der Waals surface area (Å²) in [5.74, 6) is 0.541. The van der Waals surface area contributed by atoms with Crippen LogP contribution >= 0.6 is 0 Å². The lowest BCUT2D eigenvalue weighted by molar-refractivity contribution is -0.124. The molecule has 2 aromatic heterocycles. The molecule has 0 radical (unpaired) electrons. The topological polar surface area (TPSA) is 117 Å². The summed E-state index contributed by atoms with van der Waals surface area (Å²) in [4.78, 5) is 35.2. The van der Waals surface area contributed by atoms with Crippen molar-refractivity contribution in [3.05, 3.63) is 17.3 Å². The van der Waals surface area contributed by atoms with Crippen LogP contribution < -0.4 is 16.0 Å². The third kappa shape index (κ3) is 4.13. The lowest BCUT2D eigenvalue weighted by atomic mass is 10.1. The fourth-order valence-electron chi connectivity index (χ4n) is 3.90. The van der Waals surface area contributed by atoms with E-state index in [1.807, 2.05) is 0 Å². The van der Waals surface area contributed by atoms with E-state index in [-0.39, 0.29) is 18.2 Å². The first-order chi connectivity index (χ1) is 14.7. The molecule has 4 heterocycles. The number of carbonyl (C=O) groups is 2. The zero-order valence-corrected chi connectivity index (χ0v) is 16.9. The summed E-state index contributed by atoms with van der Waals surface area (Å²) in [6.45, 7) is 4.26. The number of nitrogens with zero attached hydrogens (tertiary/aromatic N) is 5. The van der Waals surface area contributed by atoms with Crippen LogP contribution in [0.5, 0.6) is 0 Å². The molecule has 3 fully saturated rings. The molecule has 2 aliphatic heterocycles. The largest absolute Gasteiger partial charge is 0.354 e. The standard InChI is InChI=1S/C20H26N8O2/c29-16-11-13(18(30)24-16)10-14-12-22-28-17(14)25-19(26-20(28)23-15-4-5-15)21-6-3-9-27-7-1-2-8-27/h10,12,15H,1-9,11H2,(H,24,29,30)(H2,21,23,25,26). The number of rotatable bonds is 8. The van der Waals surface area contributed by atoms with Crippen LogP contribution in [0.4, 0.5) is 11.9 Å². The van der Waals surface area contributed by atoms with Gasteiger partial charge in [-0.3, -0.25) is 14.9 Å². The molecule has 0 atom stereocenters. The average Bonchev–Trinajstić information content (AvgIpc) is 3.10. The van der Waals surface area contributed by atoms with Crippen LogP contribution in [-0.4, -0.2) is 68.5 Å². The Kier molecular flexibility index (Phi) is 5.07. The van der Waals surface area contributed by atoms with Gasteiger partial charge in [-0.05, 0) is 57.8 Å². The van der Waals surface area contributed by atoms with Gasteiger partial charge in [-0.15, -0.1) is 0 Å². The number of anilines is 2. The Morgan fingerprint density at radius 3 is 2.77 bits per heavy atom. The van der Waals surface area contributed by atoms with Gasteiger partial charge in [0.05, 0.1) is 12.6 Å². The molecule has 30 heavy (non-hydrogen) atoms. The molecule has 1 saturated carbocycles. The Balaban J connectivity index is 1.37. The number of carbonyl (C=O) groups excluding carboxylic acids is 2. The van der Waals surface area contributed by atoms with E-state index in [0.717, 1.165) is 32.4 Å². The second-order valence-electron chi connectivity index (χ2n) is 8.18. The number of likely N-dealkylation sites (tertiary alicyclic amines) is 1. The number of aromatic nitrogens is 4. The molecule has 0 unspecified atom stereocenters. The van der Waals surface area contributed by atoms with E-state index in [1.165, 1.54) is 25.9 Å². The molecule has 0 spiro atoms. The zero-order chi connectivity index (χ0) is 20.5. The Labute approximate surface area is 174 Å². The van der Waals surface area contributed by atoms with E-state index in [4.69, 9.17) is 0 Å². The van der Waals surface area contributed by atoms with Gasteiger partial charge in [-0.2, -0.15) is 19.6 Å². The highest BCUT2D eigenvalue weighted by Crippen LogP contribution is 2.26. The Bertz CT molecular complexity index is 1000. The van der Waals surface area contributed by atoms with Crippen LogP contribution in [0.1, 0.15) is 44.1 Å². The van der Waals surface area contributed by atoms with Crippen molar-refractivity contribution in [3.63, 3.8) is 0 Å². The van der Waals surface area contributed by atoms with Gasteiger partial charge in [0.1, 0.15) is 0 Å². The second-order valence-corrected chi connectivity index (χ2v) is 8.18. The molecule has 10 nitrogen and oxygen atoms in total. The van der Waals surface area contributed by atoms with Gasteiger partial charge in [-0.25, -0.2) is 0 Å². The monoisotopic (exact) mass is 410 g/mol. The van der Waals surface area contributed by atoms with Gasteiger partial charge in [0, 0.05) is 23.7 Å². The molecule has 0 aromatic carbocycles. The van der Waals surface area contributed by atoms with E-state index >= 15 is 0 Å². The highest BCUT2D eigenvalue weighted by atomic mass is 16.2. The third-order valence-electron chi connectivity index (χ3n) is 5.66. The zero-order valence-electron chi connectivity index (χ0n) is 16.9. The van der Waals surface area contributed by atoms with Gasteiger partial charge < -0.3 is 15.5 Å². The maximum atomic E-state index is 11.9. The highest BCUT2D eigenvalue weighted by molar-refractivity contribution is 6.15. The van der Waals surface area contributed by atoms with Gasteiger partial charge in [0.2, 0.25) is 17.8 Å². The minimum absolute atomic E-state index is 0.0794. The molecule has 158 valence electrons. The molecular weight excluding hydrogens is 384 g/mol. The molecular formula is C20H26N8O2. The highest BCUT2D eigenvalue weighted by Gasteiger charge is 2.26. The number of hydrogen-bond acceptors (Lipinski definition) is 8. The first-order valence-corrected chi connectivity index (χ1v) is 10.7. The molecule has 5 rings (SSSR count). The van der Waals surface area contributed by atoms with E-state index in [2.05, 4.69) is 35.9 Å². The van der Waals surface area contributed by atoms with Crippen molar-refractivity contribution < 1.29 is 9.59 Å². The fourth-order valence-corrected chi connectivity index (χ4v) is 3.90. The molecule has 1 aliphatic carbocycles. The van der Waals surface area contributed by atoms with Crippen molar-refractivity contribution in [2.24, 2.45) is 0 Å². The van der Waals surface area contributed by atoms with Crippen molar-refractivity contribution >= 4 is 35.4 Å². The Morgan fingerprint density at radius 1 is 1.20 bits per heavy atom. The minimum atomic E-state index is -0.356. The lowest BCUT2D eigenvalue weighted by Gasteiger charge is -2.14. The van der Waals surface area contributed by atoms with E-state index in [1.54, 1.807) is 16.8 Å². The summed E-state index contributed by atoms with van der Waals surface area (Å²) in [6.07, 6.45) is 9.28. The van der Waals surface area contributed by atoms with Crippen molar-refractivity contribution in [2.75, 3.05) is 36.8 Å².